The van der Waals surface area contributed by atoms with Gasteiger partial charge in [0.1, 0.15) is 5.52 Å². The molecule has 3 aromatic rings. The van der Waals surface area contributed by atoms with E-state index in [1.807, 2.05) is 41.2 Å². The van der Waals surface area contributed by atoms with Gasteiger partial charge in [-0.3, -0.25) is 4.98 Å². The molecule has 2 aromatic heterocycles. The molecule has 0 saturated heterocycles. The number of nitrogens with two attached hydrogens (primary N) is 1. The lowest BCUT2D eigenvalue weighted by Gasteiger charge is -2.06. The molecule has 3 rings (SSSR count). The molecule has 17 heavy (non-hydrogen) atoms. The Bertz CT molecular complexity index is 624. The summed E-state index contributed by atoms with van der Waals surface area (Å²) in [6.45, 7) is 0.505. The lowest BCUT2D eigenvalue weighted by molar-refractivity contribution is 0.871. The molecular formula is C13H12N4. The van der Waals surface area contributed by atoms with Crippen LogP contribution in [0.25, 0.3) is 16.6 Å². The Morgan fingerprint density at radius 2 is 2.06 bits per heavy atom. The highest BCUT2D eigenvalue weighted by atomic mass is 15.3. The fraction of sp³-hybridized carbons (Fsp3) is 0.0769. The van der Waals surface area contributed by atoms with Crippen LogP contribution in [0.15, 0.2) is 48.9 Å². The summed E-state index contributed by atoms with van der Waals surface area (Å²) in [5.74, 6) is 0. The molecule has 0 bridgehead atoms. The normalized spacial score (nSPS) is 10.9. The third kappa shape index (κ3) is 1.68. The molecule has 0 aliphatic carbocycles. The van der Waals surface area contributed by atoms with E-state index < -0.39 is 0 Å². The van der Waals surface area contributed by atoms with E-state index in [9.17, 15) is 0 Å². The van der Waals surface area contributed by atoms with E-state index in [2.05, 4.69) is 10.1 Å². The molecule has 0 radical (unpaired) electrons. The predicted octanol–water partition coefficient (Wildman–Crippen LogP) is 1.88. The average molecular weight is 224 g/mol. The second-order valence-corrected chi connectivity index (χ2v) is 3.84. The smallest absolute Gasteiger partial charge is 0.111 e. The van der Waals surface area contributed by atoms with Crippen molar-refractivity contribution in [1.82, 2.24) is 14.8 Å². The molecule has 0 fully saturated rings. The van der Waals surface area contributed by atoms with Crippen LogP contribution >= 0.6 is 0 Å². The van der Waals surface area contributed by atoms with Crippen molar-refractivity contribution in [3.05, 3.63) is 54.5 Å². The van der Waals surface area contributed by atoms with E-state index in [0.717, 1.165) is 22.2 Å². The maximum atomic E-state index is 5.73. The molecular weight excluding hydrogens is 212 g/mol. The zero-order chi connectivity index (χ0) is 11.7. The van der Waals surface area contributed by atoms with E-state index in [1.165, 1.54) is 0 Å². The lowest BCUT2D eigenvalue weighted by Crippen LogP contribution is -2.04. The van der Waals surface area contributed by atoms with Crippen LogP contribution in [0.5, 0.6) is 0 Å². The van der Waals surface area contributed by atoms with Crippen molar-refractivity contribution in [2.75, 3.05) is 0 Å². The standard InChI is InChI=1S/C13H12N4/c14-7-10-3-1-2-4-13(10)17-9-11-5-6-15-8-12(11)16-17/h1-6,8-9H,7,14H2. The quantitative estimate of drug-likeness (QED) is 0.723. The summed E-state index contributed by atoms with van der Waals surface area (Å²) in [6.07, 6.45) is 5.52. The summed E-state index contributed by atoms with van der Waals surface area (Å²) in [5.41, 5.74) is 8.71. The zero-order valence-corrected chi connectivity index (χ0v) is 9.24. The van der Waals surface area contributed by atoms with Gasteiger partial charge in [-0.2, -0.15) is 5.10 Å². The van der Waals surface area contributed by atoms with Crippen LogP contribution < -0.4 is 5.73 Å². The fourth-order valence-electron chi connectivity index (χ4n) is 1.90. The van der Waals surface area contributed by atoms with Crippen molar-refractivity contribution in [2.24, 2.45) is 5.73 Å². The highest BCUT2D eigenvalue weighted by Crippen LogP contribution is 2.17. The Balaban J connectivity index is 2.20. The third-order valence-corrected chi connectivity index (χ3v) is 2.77. The summed E-state index contributed by atoms with van der Waals surface area (Å²) >= 11 is 0. The zero-order valence-electron chi connectivity index (χ0n) is 9.24. The van der Waals surface area contributed by atoms with Crippen LogP contribution in [0, 0.1) is 0 Å². The first-order valence-corrected chi connectivity index (χ1v) is 5.46. The molecule has 0 aliphatic heterocycles. The van der Waals surface area contributed by atoms with Gasteiger partial charge >= 0.3 is 0 Å². The summed E-state index contributed by atoms with van der Waals surface area (Å²) < 4.78 is 1.86. The molecule has 2 heterocycles. The van der Waals surface area contributed by atoms with Crippen LogP contribution in [0.1, 0.15) is 5.56 Å². The summed E-state index contributed by atoms with van der Waals surface area (Å²) in [7, 11) is 0. The van der Waals surface area contributed by atoms with E-state index in [1.54, 1.807) is 12.4 Å². The molecule has 4 nitrogen and oxygen atoms in total. The number of para-hydroxylation sites is 1. The van der Waals surface area contributed by atoms with Gasteiger partial charge in [0.05, 0.1) is 11.9 Å². The molecule has 4 heteroatoms. The first-order chi connectivity index (χ1) is 8.38. The van der Waals surface area contributed by atoms with Gasteiger partial charge in [0.15, 0.2) is 0 Å². The number of aromatic nitrogens is 3. The molecule has 0 amide bonds. The Labute approximate surface area is 98.7 Å². The van der Waals surface area contributed by atoms with E-state index in [4.69, 9.17) is 5.73 Å². The van der Waals surface area contributed by atoms with Gasteiger partial charge in [-0.1, -0.05) is 18.2 Å². The molecule has 1 aromatic carbocycles. The van der Waals surface area contributed by atoms with Gasteiger partial charge in [0.25, 0.3) is 0 Å². The first kappa shape index (κ1) is 9.99. The minimum absolute atomic E-state index is 0.505. The summed E-state index contributed by atoms with van der Waals surface area (Å²) in [6, 6.07) is 9.95. The lowest BCUT2D eigenvalue weighted by atomic mass is 10.2. The van der Waals surface area contributed by atoms with Crippen LogP contribution in [0.4, 0.5) is 0 Å². The van der Waals surface area contributed by atoms with Crippen molar-refractivity contribution in [2.45, 2.75) is 6.54 Å². The van der Waals surface area contributed by atoms with Crippen molar-refractivity contribution in [1.29, 1.82) is 0 Å². The second kappa shape index (κ2) is 3.99. The van der Waals surface area contributed by atoms with Crippen LogP contribution in [0.3, 0.4) is 0 Å². The number of rotatable bonds is 2. The highest BCUT2D eigenvalue weighted by molar-refractivity contribution is 5.77. The average Bonchev–Trinajstić information content (AvgIpc) is 2.82. The van der Waals surface area contributed by atoms with Crippen molar-refractivity contribution in [3.8, 4) is 5.69 Å². The van der Waals surface area contributed by atoms with Gasteiger partial charge in [0.2, 0.25) is 0 Å². The molecule has 0 saturated carbocycles. The summed E-state index contributed by atoms with van der Waals surface area (Å²) in [5, 5.41) is 5.57. The van der Waals surface area contributed by atoms with Gasteiger partial charge in [-0.05, 0) is 17.7 Å². The molecule has 0 unspecified atom stereocenters. The Morgan fingerprint density at radius 3 is 2.88 bits per heavy atom. The number of hydrogen-bond acceptors (Lipinski definition) is 3. The van der Waals surface area contributed by atoms with Gasteiger partial charge < -0.3 is 5.73 Å². The highest BCUT2D eigenvalue weighted by Gasteiger charge is 2.05. The largest absolute Gasteiger partial charge is 0.326 e. The number of nitrogens with zero attached hydrogens (tertiary/aromatic N) is 3. The first-order valence-electron chi connectivity index (χ1n) is 5.46. The molecule has 84 valence electrons. The number of fused-ring (bicyclic) bond motifs is 1. The fourth-order valence-corrected chi connectivity index (χ4v) is 1.90. The molecule has 0 atom stereocenters. The van der Waals surface area contributed by atoms with E-state index >= 15 is 0 Å². The molecule has 0 aliphatic rings. The number of pyridine rings is 1. The SMILES string of the molecule is NCc1ccccc1-n1cc2ccncc2n1. The van der Waals surface area contributed by atoms with Crippen LogP contribution in [0.2, 0.25) is 0 Å². The molecule has 2 N–H and O–H groups in total. The Kier molecular flexibility index (Phi) is 2.34. The maximum Gasteiger partial charge on any atom is 0.111 e. The van der Waals surface area contributed by atoms with Gasteiger partial charge in [-0.25, -0.2) is 4.68 Å². The third-order valence-electron chi connectivity index (χ3n) is 2.77. The van der Waals surface area contributed by atoms with Crippen molar-refractivity contribution >= 4 is 10.9 Å². The summed E-state index contributed by atoms with van der Waals surface area (Å²) in [4.78, 5) is 4.06. The van der Waals surface area contributed by atoms with Crippen LogP contribution in [-0.2, 0) is 6.54 Å². The minimum atomic E-state index is 0.505. The van der Waals surface area contributed by atoms with Crippen LogP contribution in [-0.4, -0.2) is 14.8 Å². The predicted molar refractivity (Wildman–Crippen MR) is 66.8 cm³/mol. The number of benzene rings is 1. The minimum Gasteiger partial charge on any atom is -0.326 e. The van der Waals surface area contributed by atoms with Gasteiger partial charge in [0, 0.05) is 24.3 Å². The van der Waals surface area contributed by atoms with Crippen molar-refractivity contribution in [3.63, 3.8) is 0 Å². The van der Waals surface area contributed by atoms with Gasteiger partial charge in [-0.15, -0.1) is 0 Å². The second-order valence-electron chi connectivity index (χ2n) is 3.84. The topological polar surface area (TPSA) is 56.7 Å². The Morgan fingerprint density at radius 1 is 1.18 bits per heavy atom. The van der Waals surface area contributed by atoms with E-state index in [-0.39, 0.29) is 0 Å². The van der Waals surface area contributed by atoms with E-state index in [0.29, 0.717) is 6.54 Å². The van der Waals surface area contributed by atoms with Crippen molar-refractivity contribution < 1.29 is 0 Å². The number of hydrogen-bond donors (Lipinski definition) is 1. The molecule has 0 spiro atoms. The monoisotopic (exact) mass is 224 g/mol. The maximum absolute atomic E-state index is 5.73. The Hall–Kier alpha value is -2.20.